The maximum atomic E-state index is 11.8. The average molecular weight is 262 g/mol. The lowest BCUT2D eigenvalue weighted by Gasteiger charge is -2.07. The third-order valence-electron chi connectivity index (χ3n) is 2.39. The molecule has 0 aliphatic heterocycles. The molecule has 0 saturated heterocycles. The van der Waals surface area contributed by atoms with Gasteiger partial charge in [0.2, 0.25) is 5.95 Å². The molecule has 1 aliphatic carbocycles. The molecule has 0 radical (unpaired) electrons. The monoisotopic (exact) mass is 262 g/mol. The van der Waals surface area contributed by atoms with E-state index >= 15 is 0 Å². The Morgan fingerprint density at radius 3 is 2.56 bits per heavy atom. The summed E-state index contributed by atoms with van der Waals surface area (Å²) in [7, 11) is 0. The van der Waals surface area contributed by atoms with Crippen LogP contribution in [0.1, 0.15) is 30.4 Å². The first kappa shape index (κ1) is 13.0. The number of hydrogen-bond donors (Lipinski definition) is 1. The van der Waals surface area contributed by atoms with Crippen molar-refractivity contribution in [1.82, 2.24) is 15.0 Å². The van der Waals surface area contributed by atoms with E-state index in [0.29, 0.717) is 17.6 Å². The van der Waals surface area contributed by atoms with Gasteiger partial charge in [-0.05, 0) is 12.8 Å². The Morgan fingerprint density at radius 2 is 1.94 bits per heavy atom. The molecule has 1 aliphatic rings. The Bertz CT molecular complexity index is 420. The van der Waals surface area contributed by atoms with Crippen LogP contribution in [0, 0.1) is 0 Å². The highest BCUT2D eigenvalue weighted by Crippen LogP contribution is 2.37. The van der Waals surface area contributed by atoms with E-state index in [9.17, 15) is 13.2 Å². The summed E-state index contributed by atoms with van der Waals surface area (Å²) < 4.78 is 40.0. The summed E-state index contributed by atoms with van der Waals surface area (Å²) in [5, 5.41) is 0. The fraction of sp³-hybridized carbons (Fsp3) is 0.700. The lowest BCUT2D eigenvalue weighted by atomic mass is 10.3. The summed E-state index contributed by atoms with van der Waals surface area (Å²) in [5.74, 6) is 1.45. The van der Waals surface area contributed by atoms with Gasteiger partial charge in [0.25, 0.3) is 0 Å². The van der Waals surface area contributed by atoms with Crippen molar-refractivity contribution in [3.8, 4) is 0 Å². The number of nitrogens with two attached hydrogens (primary N) is 1. The van der Waals surface area contributed by atoms with E-state index < -0.39 is 12.8 Å². The minimum atomic E-state index is -4.31. The largest absolute Gasteiger partial charge is 0.411 e. The van der Waals surface area contributed by atoms with Crippen LogP contribution in [0.5, 0.6) is 0 Å². The van der Waals surface area contributed by atoms with Gasteiger partial charge in [-0.1, -0.05) is 0 Å². The highest BCUT2D eigenvalue weighted by atomic mass is 19.4. The number of aromatic nitrogens is 3. The van der Waals surface area contributed by atoms with Crippen LogP contribution >= 0.6 is 0 Å². The Kier molecular flexibility index (Phi) is 3.65. The maximum absolute atomic E-state index is 11.8. The highest BCUT2D eigenvalue weighted by molar-refractivity contribution is 5.19. The first-order chi connectivity index (χ1) is 8.44. The molecule has 0 aromatic carbocycles. The molecule has 0 atom stereocenters. The van der Waals surface area contributed by atoms with Crippen LogP contribution in [0.25, 0.3) is 0 Å². The Morgan fingerprint density at radius 1 is 1.22 bits per heavy atom. The van der Waals surface area contributed by atoms with Crippen molar-refractivity contribution in [1.29, 1.82) is 0 Å². The summed E-state index contributed by atoms with van der Waals surface area (Å²) in [5.41, 5.74) is 5.52. The summed E-state index contributed by atoms with van der Waals surface area (Å²) in [4.78, 5) is 12.0. The second-order valence-electron chi connectivity index (χ2n) is 4.16. The number of ether oxygens (including phenoxy) is 1. The Balaban J connectivity index is 1.85. The lowest BCUT2D eigenvalue weighted by molar-refractivity contribution is -0.173. The van der Waals surface area contributed by atoms with Gasteiger partial charge in [-0.2, -0.15) is 23.1 Å². The Labute approximate surface area is 102 Å². The predicted octanol–water partition coefficient (Wildman–Crippen LogP) is 1.45. The van der Waals surface area contributed by atoms with Crippen LogP contribution in [-0.4, -0.2) is 34.3 Å². The molecular formula is C10H13F3N4O. The third kappa shape index (κ3) is 4.10. The molecule has 0 amide bonds. The fourth-order valence-electron chi connectivity index (χ4n) is 1.44. The zero-order valence-corrected chi connectivity index (χ0v) is 9.57. The molecule has 2 N–H and O–H groups in total. The summed E-state index contributed by atoms with van der Waals surface area (Å²) in [6, 6.07) is 0. The van der Waals surface area contributed by atoms with Crippen molar-refractivity contribution in [2.45, 2.75) is 31.4 Å². The van der Waals surface area contributed by atoms with Gasteiger partial charge in [-0.25, -0.2) is 4.98 Å². The molecule has 0 bridgehead atoms. The molecule has 100 valence electrons. The minimum Gasteiger partial charge on any atom is -0.372 e. The molecule has 5 nitrogen and oxygen atoms in total. The molecule has 2 rings (SSSR count). The second kappa shape index (κ2) is 5.05. The lowest BCUT2D eigenvalue weighted by Crippen LogP contribution is -2.18. The predicted molar refractivity (Wildman–Crippen MR) is 56.8 cm³/mol. The van der Waals surface area contributed by atoms with E-state index in [1.165, 1.54) is 0 Å². The van der Waals surface area contributed by atoms with Crippen LogP contribution in [-0.2, 0) is 11.2 Å². The van der Waals surface area contributed by atoms with Crippen LogP contribution in [0.3, 0.4) is 0 Å². The molecule has 8 heteroatoms. The smallest absolute Gasteiger partial charge is 0.372 e. The van der Waals surface area contributed by atoms with Crippen molar-refractivity contribution in [2.75, 3.05) is 18.9 Å². The molecular weight excluding hydrogens is 249 g/mol. The van der Waals surface area contributed by atoms with Gasteiger partial charge in [0.1, 0.15) is 18.3 Å². The summed E-state index contributed by atoms with van der Waals surface area (Å²) in [6.07, 6.45) is -2.07. The fourth-order valence-corrected chi connectivity index (χ4v) is 1.44. The topological polar surface area (TPSA) is 73.9 Å². The third-order valence-corrected chi connectivity index (χ3v) is 2.39. The first-order valence-electron chi connectivity index (χ1n) is 5.59. The van der Waals surface area contributed by atoms with Gasteiger partial charge >= 0.3 is 6.18 Å². The van der Waals surface area contributed by atoms with Crippen LogP contribution < -0.4 is 5.73 Å². The van der Waals surface area contributed by atoms with Crippen molar-refractivity contribution >= 4 is 5.95 Å². The molecule has 1 aromatic heterocycles. The average Bonchev–Trinajstić information content (AvgIpc) is 3.06. The number of hydrogen-bond acceptors (Lipinski definition) is 5. The number of anilines is 1. The number of nitrogens with zero attached hydrogens (tertiary/aromatic N) is 3. The van der Waals surface area contributed by atoms with Gasteiger partial charge in [0.15, 0.2) is 0 Å². The van der Waals surface area contributed by atoms with Crippen LogP contribution in [0.2, 0.25) is 0 Å². The zero-order valence-electron chi connectivity index (χ0n) is 9.57. The van der Waals surface area contributed by atoms with Gasteiger partial charge in [-0.15, -0.1) is 0 Å². The SMILES string of the molecule is Nc1nc(CCOCC(F)(F)F)nc(C2CC2)n1. The first-order valence-corrected chi connectivity index (χ1v) is 5.59. The van der Waals surface area contributed by atoms with Crippen molar-refractivity contribution in [3.05, 3.63) is 11.6 Å². The maximum Gasteiger partial charge on any atom is 0.411 e. The molecule has 0 spiro atoms. The van der Waals surface area contributed by atoms with E-state index in [0.717, 1.165) is 12.8 Å². The molecule has 18 heavy (non-hydrogen) atoms. The molecule has 1 saturated carbocycles. The van der Waals surface area contributed by atoms with Gasteiger partial charge < -0.3 is 10.5 Å². The highest BCUT2D eigenvalue weighted by Gasteiger charge is 2.28. The van der Waals surface area contributed by atoms with Crippen molar-refractivity contribution < 1.29 is 17.9 Å². The molecule has 1 heterocycles. The number of rotatable bonds is 5. The zero-order chi connectivity index (χ0) is 13.2. The summed E-state index contributed by atoms with van der Waals surface area (Å²) in [6.45, 7) is -1.35. The van der Waals surface area contributed by atoms with E-state index in [1.807, 2.05) is 0 Å². The van der Waals surface area contributed by atoms with E-state index in [2.05, 4.69) is 19.7 Å². The van der Waals surface area contributed by atoms with Crippen molar-refractivity contribution in [2.24, 2.45) is 0 Å². The summed E-state index contributed by atoms with van der Waals surface area (Å²) >= 11 is 0. The normalized spacial score (nSPS) is 15.9. The molecule has 0 unspecified atom stereocenters. The van der Waals surface area contributed by atoms with Gasteiger partial charge in [-0.3, -0.25) is 0 Å². The van der Waals surface area contributed by atoms with Crippen LogP contribution in [0.15, 0.2) is 0 Å². The number of alkyl halides is 3. The number of halogens is 3. The van der Waals surface area contributed by atoms with Crippen molar-refractivity contribution in [3.63, 3.8) is 0 Å². The van der Waals surface area contributed by atoms with E-state index in [-0.39, 0.29) is 19.0 Å². The minimum absolute atomic E-state index is 0.0902. The molecule has 1 fully saturated rings. The standard InChI is InChI=1S/C10H13F3N4O/c11-10(12,13)5-18-4-3-7-15-8(6-1-2-6)17-9(14)16-7/h6H,1-5H2,(H2,14,15,16,17). The van der Waals surface area contributed by atoms with E-state index in [1.54, 1.807) is 0 Å². The van der Waals surface area contributed by atoms with Gasteiger partial charge in [0.05, 0.1) is 6.61 Å². The number of nitrogen functional groups attached to an aromatic ring is 1. The molecule has 1 aromatic rings. The van der Waals surface area contributed by atoms with E-state index in [4.69, 9.17) is 5.73 Å². The quantitative estimate of drug-likeness (QED) is 0.813. The Hall–Kier alpha value is -1.44. The van der Waals surface area contributed by atoms with Gasteiger partial charge in [0, 0.05) is 12.3 Å². The second-order valence-corrected chi connectivity index (χ2v) is 4.16. The van der Waals surface area contributed by atoms with Crippen LogP contribution in [0.4, 0.5) is 19.1 Å².